The molecule has 2 rings (SSSR count). The fourth-order valence-corrected chi connectivity index (χ4v) is 2.22. The van der Waals surface area contributed by atoms with E-state index in [1.54, 1.807) is 24.7 Å². The smallest absolute Gasteiger partial charge is 0.217 e. The lowest BCUT2D eigenvalue weighted by molar-refractivity contribution is 0.213. The predicted molar refractivity (Wildman–Crippen MR) is 72.2 cm³/mol. The normalized spacial score (nSPS) is 12.5. The third-order valence-corrected chi connectivity index (χ3v) is 3.10. The zero-order valence-corrected chi connectivity index (χ0v) is 11.6. The standard InChI is InChI=1S/C12H15ClN4O2/c1-6-9(12(19-3)17(2)16-6)10(18)8-4-7(13)5-15-11(8)14/h4-5,10,18H,1-3H3,(H2,14,15). The molecule has 0 aliphatic carbocycles. The van der Waals surface area contributed by atoms with E-state index in [-0.39, 0.29) is 5.82 Å². The Hall–Kier alpha value is -1.79. The lowest BCUT2D eigenvalue weighted by Gasteiger charge is -2.14. The van der Waals surface area contributed by atoms with Crippen LogP contribution in [0.5, 0.6) is 5.88 Å². The molecule has 0 bridgehead atoms. The van der Waals surface area contributed by atoms with Crippen LogP contribution in [-0.4, -0.2) is 27.0 Å². The molecule has 7 heteroatoms. The molecule has 0 amide bonds. The minimum absolute atomic E-state index is 0.224. The number of aliphatic hydroxyl groups is 1. The van der Waals surface area contributed by atoms with Gasteiger partial charge in [-0.1, -0.05) is 11.6 Å². The molecule has 0 spiro atoms. The molecule has 6 nitrogen and oxygen atoms in total. The van der Waals surface area contributed by atoms with Crippen LogP contribution >= 0.6 is 11.6 Å². The summed E-state index contributed by atoms with van der Waals surface area (Å²) in [6.07, 6.45) is 0.440. The second-order valence-electron chi connectivity index (χ2n) is 4.16. The van der Waals surface area contributed by atoms with E-state index < -0.39 is 6.10 Å². The predicted octanol–water partition coefficient (Wildman–Crippen LogP) is 1.45. The van der Waals surface area contributed by atoms with Gasteiger partial charge < -0.3 is 15.6 Å². The van der Waals surface area contributed by atoms with Gasteiger partial charge in [0.05, 0.1) is 23.4 Å². The summed E-state index contributed by atoms with van der Waals surface area (Å²) in [5, 5.41) is 15.1. The number of aliphatic hydroxyl groups excluding tert-OH is 1. The van der Waals surface area contributed by atoms with Crippen LogP contribution in [0.25, 0.3) is 0 Å². The lowest BCUT2D eigenvalue weighted by Crippen LogP contribution is -2.07. The third kappa shape index (κ3) is 2.36. The Bertz CT molecular complexity index is 612. The van der Waals surface area contributed by atoms with Gasteiger partial charge in [0.25, 0.3) is 0 Å². The number of ether oxygens (including phenoxy) is 1. The Morgan fingerprint density at radius 2 is 2.21 bits per heavy atom. The molecule has 0 radical (unpaired) electrons. The summed E-state index contributed by atoms with van der Waals surface area (Å²) in [5.74, 6) is 0.701. The number of nitrogen functional groups attached to an aromatic ring is 1. The van der Waals surface area contributed by atoms with Crippen LogP contribution in [0.15, 0.2) is 12.3 Å². The van der Waals surface area contributed by atoms with Crippen LogP contribution in [0.2, 0.25) is 5.02 Å². The topological polar surface area (TPSA) is 86.2 Å². The van der Waals surface area contributed by atoms with Crippen LogP contribution in [0.3, 0.4) is 0 Å². The van der Waals surface area contributed by atoms with Crippen LogP contribution < -0.4 is 10.5 Å². The highest BCUT2D eigenvalue weighted by Crippen LogP contribution is 2.34. The van der Waals surface area contributed by atoms with E-state index in [0.29, 0.717) is 27.7 Å². The van der Waals surface area contributed by atoms with Crippen LogP contribution in [0.1, 0.15) is 22.9 Å². The molecule has 2 heterocycles. The van der Waals surface area contributed by atoms with Crippen molar-refractivity contribution in [2.45, 2.75) is 13.0 Å². The first-order chi connectivity index (χ1) is 8.95. The van der Waals surface area contributed by atoms with E-state index in [2.05, 4.69) is 10.1 Å². The minimum Gasteiger partial charge on any atom is -0.481 e. The van der Waals surface area contributed by atoms with Crippen molar-refractivity contribution in [3.63, 3.8) is 0 Å². The van der Waals surface area contributed by atoms with Gasteiger partial charge in [-0.15, -0.1) is 0 Å². The van der Waals surface area contributed by atoms with E-state index in [0.717, 1.165) is 0 Å². The number of hydrogen-bond acceptors (Lipinski definition) is 5. The van der Waals surface area contributed by atoms with Gasteiger partial charge in [-0.25, -0.2) is 9.67 Å². The Labute approximate surface area is 115 Å². The molecule has 0 aliphatic heterocycles. The summed E-state index contributed by atoms with van der Waals surface area (Å²) in [5.41, 5.74) is 7.43. The van der Waals surface area contributed by atoms with Crippen molar-refractivity contribution in [3.05, 3.63) is 34.1 Å². The van der Waals surface area contributed by atoms with E-state index in [1.807, 2.05) is 0 Å². The van der Waals surface area contributed by atoms with E-state index in [9.17, 15) is 5.11 Å². The van der Waals surface area contributed by atoms with Crippen molar-refractivity contribution in [1.29, 1.82) is 0 Å². The molecular weight excluding hydrogens is 268 g/mol. The van der Waals surface area contributed by atoms with Gasteiger partial charge in [-0.3, -0.25) is 0 Å². The van der Waals surface area contributed by atoms with Gasteiger partial charge in [-0.2, -0.15) is 5.10 Å². The second-order valence-corrected chi connectivity index (χ2v) is 4.60. The summed E-state index contributed by atoms with van der Waals surface area (Å²) < 4.78 is 6.81. The molecule has 19 heavy (non-hydrogen) atoms. The van der Waals surface area contributed by atoms with E-state index in [4.69, 9.17) is 22.1 Å². The highest BCUT2D eigenvalue weighted by atomic mass is 35.5. The first-order valence-electron chi connectivity index (χ1n) is 5.62. The average molecular weight is 283 g/mol. The number of methoxy groups -OCH3 is 1. The average Bonchev–Trinajstić information content (AvgIpc) is 2.65. The van der Waals surface area contributed by atoms with Gasteiger partial charge in [0.15, 0.2) is 0 Å². The number of aromatic nitrogens is 3. The molecule has 0 fully saturated rings. The number of anilines is 1. The van der Waals surface area contributed by atoms with Gasteiger partial charge in [0.1, 0.15) is 11.9 Å². The highest BCUT2D eigenvalue weighted by molar-refractivity contribution is 6.30. The molecular formula is C12H15ClN4O2. The molecule has 2 aromatic heterocycles. The van der Waals surface area contributed by atoms with Crippen molar-refractivity contribution < 1.29 is 9.84 Å². The van der Waals surface area contributed by atoms with Crippen molar-refractivity contribution in [3.8, 4) is 5.88 Å². The Balaban J connectivity index is 2.55. The number of rotatable bonds is 3. The zero-order chi connectivity index (χ0) is 14.2. The summed E-state index contributed by atoms with van der Waals surface area (Å²) >= 11 is 5.89. The van der Waals surface area contributed by atoms with Gasteiger partial charge in [0, 0.05) is 18.8 Å². The minimum atomic E-state index is -0.991. The number of nitrogens with zero attached hydrogens (tertiary/aromatic N) is 3. The van der Waals surface area contributed by atoms with Crippen molar-refractivity contribution in [1.82, 2.24) is 14.8 Å². The maximum absolute atomic E-state index is 10.5. The first kappa shape index (κ1) is 13.6. The molecule has 1 unspecified atom stereocenters. The maximum atomic E-state index is 10.5. The fourth-order valence-electron chi connectivity index (χ4n) is 2.05. The first-order valence-corrected chi connectivity index (χ1v) is 6.00. The van der Waals surface area contributed by atoms with Crippen LogP contribution in [-0.2, 0) is 7.05 Å². The summed E-state index contributed by atoms with van der Waals surface area (Å²) in [6, 6.07) is 1.58. The van der Waals surface area contributed by atoms with Crippen LogP contribution in [0.4, 0.5) is 5.82 Å². The molecule has 0 aromatic carbocycles. The number of nitrogens with two attached hydrogens (primary N) is 1. The monoisotopic (exact) mass is 282 g/mol. The third-order valence-electron chi connectivity index (χ3n) is 2.89. The Morgan fingerprint density at radius 3 is 2.84 bits per heavy atom. The number of hydrogen-bond donors (Lipinski definition) is 2. The fraction of sp³-hybridized carbons (Fsp3) is 0.333. The summed E-state index contributed by atoms with van der Waals surface area (Å²) in [4.78, 5) is 3.94. The number of halogens is 1. The quantitative estimate of drug-likeness (QED) is 0.890. The van der Waals surface area contributed by atoms with Crippen molar-refractivity contribution in [2.24, 2.45) is 7.05 Å². The molecule has 0 aliphatic rings. The van der Waals surface area contributed by atoms with Crippen LogP contribution in [0, 0.1) is 6.92 Å². The largest absolute Gasteiger partial charge is 0.481 e. The number of aryl methyl sites for hydroxylation is 2. The maximum Gasteiger partial charge on any atom is 0.217 e. The van der Waals surface area contributed by atoms with E-state index >= 15 is 0 Å². The van der Waals surface area contributed by atoms with Crippen molar-refractivity contribution >= 4 is 17.4 Å². The molecule has 3 N–H and O–H groups in total. The second kappa shape index (κ2) is 5.07. The molecule has 0 saturated heterocycles. The molecule has 1 atom stereocenters. The number of pyridine rings is 1. The Kier molecular flexibility index (Phi) is 3.64. The zero-order valence-electron chi connectivity index (χ0n) is 10.9. The summed E-state index contributed by atoms with van der Waals surface area (Å²) in [7, 11) is 3.26. The lowest BCUT2D eigenvalue weighted by atomic mass is 10.0. The highest BCUT2D eigenvalue weighted by Gasteiger charge is 2.25. The summed E-state index contributed by atoms with van der Waals surface area (Å²) in [6.45, 7) is 1.79. The van der Waals surface area contributed by atoms with Gasteiger partial charge >= 0.3 is 0 Å². The van der Waals surface area contributed by atoms with E-state index in [1.165, 1.54) is 13.3 Å². The molecule has 0 saturated carbocycles. The van der Waals surface area contributed by atoms with Gasteiger partial charge in [0.2, 0.25) is 5.88 Å². The van der Waals surface area contributed by atoms with Crippen molar-refractivity contribution in [2.75, 3.05) is 12.8 Å². The Morgan fingerprint density at radius 1 is 1.53 bits per heavy atom. The van der Waals surface area contributed by atoms with Gasteiger partial charge in [-0.05, 0) is 13.0 Å². The molecule has 2 aromatic rings. The molecule has 102 valence electrons. The SMILES string of the molecule is COc1c(C(O)c2cc(Cl)cnc2N)c(C)nn1C.